The summed E-state index contributed by atoms with van der Waals surface area (Å²) in [4.78, 5) is 39.5. The zero-order valence-corrected chi connectivity index (χ0v) is 20.4. The molecule has 1 atom stereocenters. The van der Waals surface area contributed by atoms with E-state index in [9.17, 15) is 14.4 Å². The predicted octanol–water partition coefficient (Wildman–Crippen LogP) is 4.44. The lowest BCUT2D eigenvalue weighted by Crippen LogP contribution is -2.44. The second-order valence-corrected chi connectivity index (χ2v) is 8.97. The second kappa shape index (κ2) is 11.1. The first-order valence-electron chi connectivity index (χ1n) is 11.2. The van der Waals surface area contributed by atoms with Gasteiger partial charge in [0.15, 0.2) is 0 Å². The molecule has 0 aliphatic carbocycles. The molecule has 7 heteroatoms. The molecule has 1 unspecified atom stereocenters. The van der Waals surface area contributed by atoms with Crippen molar-refractivity contribution in [3.05, 3.63) is 77.9 Å². The summed E-state index contributed by atoms with van der Waals surface area (Å²) in [6.07, 6.45) is 10.4. The van der Waals surface area contributed by atoms with Crippen molar-refractivity contribution in [1.82, 2.24) is 10.2 Å². The van der Waals surface area contributed by atoms with Gasteiger partial charge in [-0.2, -0.15) is 0 Å². The van der Waals surface area contributed by atoms with Gasteiger partial charge in [-0.15, -0.1) is 6.42 Å². The van der Waals surface area contributed by atoms with E-state index in [1.165, 1.54) is 0 Å². The number of alkyl carbamates (subject to hydrolysis) is 1. The van der Waals surface area contributed by atoms with Crippen molar-refractivity contribution in [2.75, 3.05) is 11.9 Å². The van der Waals surface area contributed by atoms with Crippen LogP contribution in [0.3, 0.4) is 0 Å². The maximum absolute atomic E-state index is 13.5. The summed E-state index contributed by atoms with van der Waals surface area (Å²) in [7, 11) is 0. The molecule has 3 aromatic rings. The Kier molecular flexibility index (Phi) is 7.99. The lowest BCUT2D eigenvalue weighted by atomic mass is 10.0. The predicted molar refractivity (Wildman–Crippen MR) is 140 cm³/mol. The van der Waals surface area contributed by atoms with Crippen molar-refractivity contribution in [3.8, 4) is 24.8 Å². The molecule has 3 aromatic carbocycles. The number of hydrogen-bond acceptors (Lipinski definition) is 4. The van der Waals surface area contributed by atoms with Crippen LogP contribution in [0, 0.1) is 24.8 Å². The summed E-state index contributed by atoms with van der Waals surface area (Å²) < 4.78 is 5.16. The first-order valence-corrected chi connectivity index (χ1v) is 11.2. The second-order valence-electron chi connectivity index (χ2n) is 8.97. The fraction of sp³-hybridized carbons (Fsp3) is 0.207. The number of amides is 3. The third-order valence-electron chi connectivity index (χ3n) is 5.11. The van der Waals surface area contributed by atoms with Crippen molar-refractivity contribution >= 4 is 34.4 Å². The third kappa shape index (κ3) is 6.65. The molecule has 0 aromatic heterocycles. The minimum Gasteiger partial charge on any atom is -0.444 e. The Labute approximate surface area is 210 Å². The molecule has 0 bridgehead atoms. The van der Waals surface area contributed by atoms with Crippen molar-refractivity contribution in [1.29, 1.82) is 0 Å². The summed E-state index contributed by atoms with van der Waals surface area (Å²) in [5, 5.41) is 7.19. The zero-order chi connectivity index (χ0) is 26.3. The summed E-state index contributed by atoms with van der Waals surface area (Å²) in [6.45, 7) is 4.65. The molecule has 0 radical (unpaired) electrons. The molecule has 0 aliphatic rings. The van der Waals surface area contributed by atoms with E-state index in [0.717, 1.165) is 15.7 Å². The minimum absolute atomic E-state index is 0.454. The summed E-state index contributed by atoms with van der Waals surface area (Å²) in [6, 6.07) is 20.9. The van der Waals surface area contributed by atoms with E-state index in [2.05, 4.69) is 22.6 Å². The molecule has 3 amide bonds. The number of rotatable bonds is 6. The van der Waals surface area contributed by atoms with E-state index in [0.29, 0.717) is 16.8 Å². The maximum atomic E-state index is 13.5. The molecule has 0 saturated heterocycles. The van der Waals surface area contributed by atoms with E-state index < -0.39 is 36.1 Å². The van der Waals surface area contributed by atoms with Crippen LogP contribution in [-0.4, -0.2) is 35.0 Å². The van der Waals surface area contributed by atoms with Gasteiger partial charge in [0.05, 0.1) is 0 Å². The number of anilines is 1. The summed E-state index contributed by atoms with van der Waals surface area (Å²) in [5.74, 6) is 1.32. The van der Waals surface area contributed by atoms with Crippen LogP contribution in [0.2, 0.25) is 0 Å². The largest absolute Gasteiger partial charge is 0.444 e. The van der Waals surface area contributed by atoms with Gasteiger partial charge in [0.2, 0.25) is 0 Å². The van der Waals surface area contributed by atoms with E-state index in [1.807, 2.05) is 36.4 Å². The number of fused-ring (bicyclic) bond motifs is 1. The molecule has 0 spiro atoms. The molecule has 2 N–H and O–H groups in total. The average molecular weight is 482 g/mol. The topological polar surface area (TPSA) is 87.7 Å². The molecule has 36 heavy (non-hydrogen) atoms. The normalized spacial score (nSPS) is 11.5. The molecule has 0 heterocycles. The lowest BCUT2D eigenvalue weighted by molar-refractivity contribution is -0.134. The van der Waals surface area contributed by atoms with Crippen molar-refractivity contribution in [3.63, 3.8) is 0 Å². The van der Waals surface area contributed by atoms with Gasteiger partial charge in [0.25, 0.3) is 11.8 Å². The quantitative estimate of drug-likeness (QED) is 0.402. The minimum atomic E-state index is -1.18. The SMILES string of the molecule is C#Cc1ccc(C(C(=O)Nc2ccc3ccccc3c2)N(C#C)C(=O)CNC(=O)OC(C)(C)C)cc1. The van der Waals surface area contributed by atoms with Gasteiger partial charge in [0.1, 0.15) is 18.2 Å². The van der Waals surface area contributed by atoms with Crippen LogP contribution in [0.5, 0.6) is 0 Å². The molecular formula is C29H27N3O4. The van der Waals surface area contributed by atoms with Gasteiger partial charge in [-0.3, -0.25) is 14.5 Å². The Morgan fingerprint density at radius 3 is 2.25 bits per heavy atom. The highest BCUT2D eigenvalue weighted by Crippen LogP contribution is 2.25. The molecule has 7 nitrogen and oxygen atoms in total. The van der Waals surface area contributed by atoms with E-state index >= 15 is 0 Å². The number of carbonyl (C=O) groups is 3. The standard InChI is InChI=1S/C29H27N3O4/c1-6-20-12-14-22(15-13-20)26(32(7-2)25(33)19-30-28(35)36-29(3,4)5)27(34)31-24-17-16-21-10-8-9-11-23(21)18-24/h1-2,8-18,26H,19H2,3-5H3,(H,30,35)(H,31,34). The van der Waals surface area contributed by atoms with Crippen LogP contribution in [0.15, 0.2) is 66.7 Å². The Morgan fingerprint density at radius 2 is 1.64 bits per heavy atom. The molecule has 3 rings (SSSR count). The third-order valence-corrected chi connectivity index (χ3v) is 5.11. The molecular weight excluding hydrogens is 454 g/mol. The van der Waals surface area contributed by atoms with E-state index in [-0.39, 0.29) is 0 Å². The highest BCUT2D eigenvalue weighted by molar-refractivity contribution is 6.00. The van der Waals surface area contributed by atoms with Crippen LogP contribution in [-0.2, 0) is 14.3 Å². The number of carbonyl (C=O) groups excluding carboxylic acids is 3. The van der Waals surface area contributed by atoms with Gasteiger partial charge >= 0.3 is 6.09 Å². The van der Waals surface area contributed by atoms with Crippen molar-refractivity contribution in [2.24, 2.45) is 0 Å². The highest BCUT2D eigenvalue weighted by atomic mass is 16.6. The Morgan fingerprint density at radius 1 is 0.972 bits per heavy atom. The van der Waals surface area contributed by atoms with Gasteiger partial charge < -0.3 is 15.4 Å². The van der Waals surface area contributed by atoms with Gasteiger partial charge in [-0.25, -0.2) is 4.79 Å². The maximum Gasteiger partial charge on any atom is 0.408 e. The highest BCUT2D eigenvalue weighted by Gasteiger charge is 2.31. The lowest BCUT2D eigenvalue weighted by Gasteiger charge is -2.27. The fourth-order valence-corrected chi connectivity index (χ4v) is 3.49. The molecule has 182 valence electrons. The molecule has 0 aliphatic heterocycles. The van der Waals surface area contributed by atoms with Crippen LogP contribution in [0.1, 0.15) is 37.9 Å². The van der Waals surface area contributed by atoms with Crippen LogP contribution in [0.25, 0.3) is 10.8 Å². The summed E-state index contributed by atoms with van der Waals surface area (Å²) >= 11 is 0. The summed E-state index contributed by atoms with van der Waals surface area (Å²) in [5.41, 5.74) is 0.869. The number of hydrogen-bond donors (Lipinski definition) is 2. The van der Waals surface area contributed by atoms with Crippen LogP contribution < -0.4 is 10.6 Å². The van der Waals surface area contributed by atoms with Crippen LogP contribution >= 0.6 is 0 Å². The number of terminal acetylenes is 2. The first kappa shape index (κ1) is 25.9. The van der Waals surface area contributed by atoms with Gasteiger partial charge in [0, 0.05) is 17.3 Å². The van der Waals surface area contributed by atoms with E-state index in [1.54, 1.807) is 51.1 Å². The number of ether oxygens (including phenoxy) is 1. The molecule has 0 fully saturated rings. The average Bonchev–Trinajstić information content (AvgIpc) is 2.84. The Bertz CT molecular complexity index is 1360. The number of nitrogens with zero attached hydrogens (tertiary/aromatic N) is 1. The van der Waals surface area contributed by atoms with Crippen molar-refractivity contribution in [2.45, 2.75) is 32.4 Å². The van der Waals surface area contributed by atoms with Crippen molar-refractivity contribution < 1.29 is 19.1 Å². The smallest absolute Gasteiger partial charge is 0.408 e. The zero-order valence-electron chi connectivity index (χ0n) is 20.4. The number of benzene rings is 3. The first-order chi connectivity index (χ1) is 17.1. The Balaban J connectivity index is 1.87. The Hall–Kier alpha value is -4.75. The fourth-order valence-electron chi connectivity index (χ4n) is 3.49. The molecule has 0 saturated carbocycles. The van der Waals surface area contributed by atoms with E-state index in [4.69, 9.17) is 17.6 Å². The monoisotopic (exact) mass is 481 g/mol. The number of nitrogens with one attached hydrogen (secondary N) is 2. The van der Waals surface area contributed by atoms with Gasteiger partial charge in [-0.05, 0) is 61.4 Å². The van der Waals surface area contributed by atoms with Gasteiger partial charge in [-0.1, -0.05) is 54.8 Å². The van der Waals surface area contributed by atoms with Crippen LogP contribution in [0.4, 0.5) is 10.5 Å².